The Morgan fingerprint density at radius 3 is 2.46 bits per heavy atom. The maximum Gasteiger partial charge on any atom is 0.321 e. The van der Waals surface area contributed by atoms with E-state index in [1.165, 1.54) is 16.8 Å². The van der Waals surface area contributed by atoms with Crippen molar-refractivity contribution < 1.29 is 9.90 Å². The monoisotopic (exact) mass is 375 g/mol. The van der Waals surface area contributed by atoms with Gasteiger partial charge in [0.05, 0.1) is 5.69 Å². The molecule has 0 radical (unpaired) electrons. The van der Waals surface area contributed by atoms with E-state index < -0.39 is 0 Å². The summed E-state index contributed by atoms with van der Waals surface area (Å²) >= 11 is 0. The lowest BCUT2D eigenvalue weighted by Crippen LogP contribution is -2.50. The van der Waals surface area contributed by atoms with E-state index >= 15 is 0 Å². The fraction of sp³-hybridized carbons (Fsp3) is 0.261. The smallest absolute Gasteiger partial charge is 0.321 e. The van der Waals surface area contributed by atoms with Crippen molar-refractivity contribution in [3.05, 3.63) is 65.7 Å². The molecule has 144 valence electrons. The molecule has 0 atom stereocenters. The van der Waals surface area contributed by atoms with E-state index in [9.17, 15) is 9.90 Å². The van der Waals surface area contributed by atoms with Gasteiger partial charge in [-0.1, -0.05) is 24.3 Å². The van der Waals surface area contributed by atoms with Gasteiger partial charge in [-0.25, -0.2) is 4.79 Å². The van der Waals surface area contributed by atoms with Gasteiger partial charge in [0.25, 0.3) is 0 Å². The molecule has 1 aliphatic rings. The van der Waals surface area contributed by atoms with Crippen molar-refractivity contribution >= 4 is 28.2 Å². The Morgan fingerprint density at radius 1 is 0.929 bits per heavy atom. The van der Waals surface area contributed by atoms with Crippen molar-refractivity contribution in [3.63, 3.8) is 0 Å². The van der Waals surface area contributed by atoms with Crippen LogP contribution in [-0.2, 0) is 0 Å². The number of rotatable bonds is 2. The number of benzene rings is 3. The molecule has 0 aliphatic carbocycles. The second-order valence-electron chi connectivity index (χ2n) is 7.38. The average molecular weight is 375 g/mol. The molecule has 1 heterocycles. The third kappa shape index (κ3) is 3.60. The predicted molar refractivity (Wildman–Crippen MR) is 114 cm³/mol. The zero-order valence-electron chi connectivity index (χ0n) is 16.3. The van der Waals surface area contributed by atoms with E-state index in [1.54, 1.807) is 12.1 Å². The first-order valence-corrected chi connectivity index (χ1v) is 9.61. The van der Waals surface area contributed by atoms with Crippen LogP contribution in [0.4, 0.5) is 16.2 Å². The number of carbonyl (C=O) groups excluding carboxylic acids is 1. The molecule has 2 amide bonds. The van der Waals surface area contributed by atoms with Crippen LogP contribution in [0.2, 0.25) is 0 Å². The standard InChI is InChI=1S/C23H25N3O2/c1-16-6-8-19(14-17(16)2)25-10-12-26(13-11-25)23(28)24-22-5-3-4-18-7-9-20(27)15-21(18)22/h3-9,14-15,27H,10-13H2,1-2H3,(H,24,28). The Bertz CT molecular complexity index is 1020. The summed E-state index contributed by atoms with van der Waals surface area (Å²) in [6.45, 7) is 7.22. The highest BCUT2D eigenvalue weighted by Crippen LogP contribution is 2.27. The number of aromatic hydroxyl groups is 1. The van der Waals surface area contributed by atoms with E-state index in [0.717, 1.165) is 29.5 Å². The van der Waals surface area contributed by atoms with Gasteiger partial charge in [0, 0.05) is 37.3 Å². The summed E-state index contributed by atoms with van der Waals surface area (Å²) in [5.74, 6) is 0.191. The van der Waals surface area contributed by atoms with Gasteiger partial charge < -0.3 is 20.2 Å². The number of aryl methyl sites for hydroxylation is 2. The first-order valence-electron chi connectivity index (χ1n) is 9.61. The molecule has 0 unspecified atom stereocenters. The molecule has 0 bridgehead atoms. The molecule has 2 N–H and O–H groups in total. The summed E-state index contributed by atoms with van der Waals surface area (Å²) in [5.41, 5.74) is 4.52. The number of carbonyl (C=O) groups is 1. The molecule has 1 aliphatic heterocycles. The van der Waals surface area contributed by atoms with Crippen LogP contribution in [0.15, 0.2) is 54.6 Å². The first kappa shape index (κ1) is 18.2. The minimum Gasteiger partial charge on any atom is -0.508 e. The maximum absolute atomic E-state index is 12.8. The summed E-state index contributed by atoms with van der Waals surface area (Å²) in [6, 6.07) is 17.3. The van der Waals surface area contributed by atoms with E-state index in [4.69, 9.17) is 0 Å². The number of hydrogen-bond acceptors (Lipinski definition) is 3. The SMILES string of the molecule is Cc1ccc(N2CCN(C(=O)Nc3cccc4ccc(O)cc34)CC2)cc1C. The molecule has 3 aromatic carbocycles. The second kappa shape index (κ2) is 7.43. The normalized spacial score (nSPS) is 14.4. The molecule has 4 rings (SSSR count). The third-order valence-electron chi connectivity index (χ3n) is 5.53. The quantitative estimate of drug-likeness (QED) is 0.693. The van der Waals surface area contributed by atoms with Gasteiger partial charge in [-0.2, -0.15) is 0 Å². The Hall–Kier alpha value is -3.21. The van der Waals surface area contributed by atoms with Gasteiger partial charge in [0.1, 0.15) is 5.75 Å². The average Bonchev–Trinajstić information content (AvgIpc) is 2.70. The van der Waals surface area contributed by atoms with E-state index in [1.807, 2.05) is 29.2 Å². The zero-order valence-corrected chi connectivity index (χ0v) is 16.3. The third-order valence-corrected chi connectivity index (χ3v) is 5.53. The molecule has 5 heteroatoms. The Kier molecular flexibility index (Phi) is 4.82. The van der Waals surface area contributed by atoms with Gasteiger partial charge in [0.2, 0.25) is 0 Å². The van der Waals surface area contributed by atoms with E-state index in [0.29, 0.717) is 13.1 Å². The van der Waals surface area contributed by atoms with Crippen LogP contribution >= 0.6 is 0 Å². The lowest BCUT2D eigenvalue weighted by atomic mass is 10.1. The molecule has 0 saturated carbocycles. The topological polar surface area (TPSA) is 55.8 Å². The number of nitrogens with one attached hydrogen (secondary N) is 1. The number of piperazine rings is 1. The Balaban J connectivity index is 1.43. The van der Waals surface area contributed by atoms with E-state index in [-0.39, 0.29) is 11.8 Å². The number of phenolic OH excluding ortho intramolecular Hbond substituents is 1. The van der Waals surface area contributed by atoms with Crippen molar-refractivity contribution in [2.24, 2.45) is 0 Å². The summed E-state index contributed by atoms with van der Waals surface area (Å²) < 4.78 is 0. The van der Waals surface area contributed by atoms with Crippen LogP contribution in [0.3, 0.4) is 0 Å². The van der Waals surface area contributed by atoms with Gasteiger partial charge in [-0.05, 0) is 60.7 Å². The van der Waals surface area contributed by atoms with Crippen molar-refractivity contribution in [3.8, 4) is 5.75 Å². The fourth-order valence-electron chi connectivity index (χ4n) is 3.65. The number of urea groups is 1. The minimum absolute atomic E-state index is 0.101. The lowest BCUT2D eigenvalue weighted by molar-refractivity contribution is 0.208. The van der Waals surface area contributed by atoms with E-state index in [2.05, 4.69) is 42.3 Å². The van der Waals surface area contributed by atoms with Crippen molar-refractivity contribution in [1.29, 1.82) is 0 Å². The number of phenols is 1. The molecular formula is C23H25N3O2. The predicted octanol–water partition coefficient (Wildman–Crippen LogP) is 4.52. The number of hydrogen-bond donors (Lipinski definition) is 2. The van der Waals surface area contributed by atoms with Gasteiger partial charge in [-0.15, -0.1) is 0 Å². The molecule has 1 fully saturated rings. The highest BCUT2D eigenvalue weighted by Gasteiger charge is 2.22. The number of amides is 2. The molecule has 3 aromatic rings. The van der Waals surface area contributed by atoms with Crippen molar-refractivity contribution in [2.75, 3.05) is 36.4 Å². The van der Waals surface area contributed by atoms with Crippen molar-refractivity contribution in [2.45, 2.75) is 13.8 Å². The maximum atomic E-state index is 12.8. The fourth-order valence-corrected chi connectivity index (χ4v) is 3.65. The number of fused-ring (bicyclic) bond motifs is 1. The number of nitrogens with zero attached hydrogens (tertiary/aromatic N) is 2. The van der Waals surface area contributed by atoms with Crippen molar-refractivity contribution in [1.82, 2.24) is 4.90 Å². The summed E-state index contributed by atoms with van der Waals surface area (Å²) in [6.07, 6.45) is 0. The first-order chi connectivity index (χ1) is 13.5. The Morgan fingerprint density at radius 2 is 1.71 bits per heavy atom. The van der Waals surface area contributed by atoms with Gasteiger partial charge >= 0.3 is 6.03 Å². The summed E-state index contributed by atoms with van der Waals surface area (Å²) in [5, 5.41) is 14.6. The second-order valence-corrected chi connectivity index (χ2v) is 7.38. The number of anilines is 2. The van der Waals surface area contributed by atoms with Crippen LogP contribution in [0.1, 0.15) is 11.1 Å². The molecule has 5 nitrogen and oxygen atoms in total. The summed E-state index contributed by atoms with van der Waals surface area (Å²) in [4.78, 5) is 16.9. The Labute approximate surface area is 165 Å². The van der Waals surface area contributed by atoms with Crippen LogP contribution in [0.5, 0.6) is 5.75 Å². The van der Waals surface area contributed by atoms with Crippen LogP contribution in [-0.4, -0.2) is 42.2 Å². The lowest BCUT2D eigenvalue weighted by Gasteiger charge is -2.36. The van der Waals surface area contributed by atoms with Gasteiger partial charge in [0.15, 0.2) is 0 Å². The zero-order chi connectivity index (χ0) is 19.7. The highest BCUT2D eigenvalue weighted by atomic mass is 16.3. The summed E-state index contributed by atoms with van der Waals surface area (Å²) in [7, 11) is 0. The molecule has 0 aromatic heterocycles. The molecule has 28 heavy (non-hydrogen) atoms. The molecule has 1 saturated heterocycles. The highest BCUT2D eigenvalue weighted by molar-refractivity contribution is 6.02. The minimum atomic E-state index is -0.101. The van der Waals surface area contributed by atoms with Crippen LogP contribution < -0.4 is 10.2 Å². The van der Waals surface area contributed by atoms with Gasteiger partial charge in [-0.3, -0.25) is 0 Å². The van der Waals surface area contributed by atoms with Crippen LogP contribution in [0.25, 0.3) is 10.8 Å². The molecular weight excluding hydrogens is 350 g/mol. The largest absolute Gasteiger partial charge is 0.508 e. The molecule has 0 spiro atoms. The van der Waals surface area contributed by atoms with Crippen LogP contribution in [0, 0.1) is 13.8 Å².